The third kappa shape index (κ3) is 2.48. The van der Waals surface area contributed by atoms with Crippen LogP contribution in [0.15, 0.2) is 48.8 Å². The first-order valence-electron chi connectivity index (χ1n) is 5.67. The van der Waals surface area contributed by atoms with Crippen LogP contribution in [0.2, 0.25) is 0 Å². The lowest BCUT2D eigenvalue weighted by Crippen LogP contribution is -2.11. The highest BCUT2D eigenvalue weighted by Gasteiger charge is 2.11. The first kappa shape index (κ1) is 12.1. The van der Waals surface area contributed by atoms with Crippen molar-refractivity contribution in [1.82, 2.24) is 4.57 Å². The Balaban J connectivity index is 2.27. The normalized spacial score (nSPS) is 10.1. The van der Waals surface area contributed by atoms with Gasteiger partial charge in [-0.2, -0.15) is 0 Å². The largest absolute Gasteiger partial charge is 0.462 e. The highest BCUT2D eigenvalue weighted by atomic mass is 16.5. The van der Waals surface area contributed by atoms with Crippen LogP contribution in [0.3, 0.4) is 0 Å². The van der Waals surface area contributed by atoms with E-state index in [-0.39, 0.29) is 5.91 Å². The van der Waals surface area contributed by atoms with Crippen molar-refractivity contribution >= 4 is 11.9 Å². The molecule has 0 N–H and O–H groups in total. The van der Waals surface area contributed by atoms with Crippen molar-refractivity contribution in [2.75, 3.05) is 6.61 Å². The average Bonchev–Trinajstić information content (AvgIpc) is 2.92. The van der Waals surface area contributed by atoms with E-state index in [9.17, 15) is 9.59 Å². The van der Waals surface area contributed by atoms with Crippen LogP contribution in [0.4, 0.5) is 0 Å². The summed E-state index contributed by atoms with van der Waals surface area (Å²) < 4.78 is 6.36. The second kappa shape index (κ2) is 5.31. The zero-order chi connectivity index (χ0) is 13.0. The predicted octanol–water partition coefficient (Wildman–Crippen LogP) is 2.35. The van der Waals surface area contributed by atoms with Crippen LogP contribution in [0, 0.1) is 0 Å². The molecule has 0 fully saturated rings. The number of esters is 1. The van der Waals surface area contributed by atoms with Gasteiger partial charge in [0.05, 0.1) is 12.2 Å². The maximum atomic E-state index is 12.1. The Morgan fingerprint density at radius 1 is 1.11 bits per heavy atom. The molecule has 0 spiro atoms. The molecule has 2 rings (SSSR count). The van der Waals surface area contributed by atoms with Crippen LogP contribution in [-0.4, -0.2) is 23.1 Å². The zero-order valence-corrected chi connectivity index (χ0v) is 10.00. The molecule has 0 amide bonds. The lowest BCUT2D eigenvalue weighted by Gasteiger charge is -2.05. The fraction of sp³-hybridized carbons (Fsp3) is 0.143. The Morgan fingerprint density at radius 2 is 1.78 bits per heavy atom. The molecule has 4 heteroatoms. The van der Waals surface area contributed by atoms with Gasteiger partial charge in [-0.1, -0.05) is 6.07 Å². The molecule has 18 heavy (non-hydrogen) atoms. The first-order valence-corrected chi connectivity index (χ1v) is 5.67. The Kier molecular flexibility index (Phi) is 3.57. The molecular formula is C14H13NO3. The molecule has 1 aromatic carbocycles. The standard InChI is InChI=1S/C14H13NO3/c1-2-18-14(17)12-7-5-6-11(10-12)13(16)15-8-3-4-9-15/h3-10H,2H2,1H3. The Labute approximate surface area is 105 Å². The maximum Gasteiger partial charge on any atom is 0.338 e. The van der Waals surface area contributed by atoms with Crippen molar-refractivity contribution in [2.45, 2.75) is 6.92 Å². The van der Waals surface area contributed by atoms with Gasteiger partial charge in [0.25, 0.3) is 5.91 Å². The monoisotopic (exact) mass is 243 g/mol. The van der Waals surface area contributed by atoms with Gasteiger partial charge in [0.1, 0.15) is 0 Å². The van der Waals surface area contributed by atoms with E-state index in [1.54, 1.807) is 55.7 Å². The number of aromatic nitrogens is 1. The molecule has 0 saturated carbocycles. The Morgan fingerprint density at radius 3 is 2.44 bits per heavy atom. The van der Waals surface area contributed by atoms with E-state index < -0.39 is 5.97 Å². The van der Waals surface area contributed by atoms with Crippen LogP contribution in [0.25, 0.3) is 0 Å². The van der Waals surface area contributed by atoms with Gasteiger partial charge in [-0.15, -0.1) is 0 Å². The minimum Gasteiger partial charge on any atom is -0.462 e. The number of rotatable bonds is 3. The molecule has 92 valence electrons. The van der Waals surface area contributed by atoms with Crippen molar-refractivity contribution in [1.29, 1.82) is 0 Å². The van der Waals surface area contributed by atoms with Crippen molar-refractivity contribution in [2.24, 2.45) is 0 Å². The summed E-state index contributed by atoms with van der Waals surface area (Å²) in [7, 11) is 0. The van der Waals surface area contributed by atoms with Gasteiger partial charge in [-0.25, -0.2) is 4.79 Å². The van der Waals surface area contributed by atoms with E-state index >= 15 is 0 Å². The highest BCUT2D eigenvalue weighted by molar-refractivity contribution is 5.99. The van der Waals surface area contributed by atoms with E-state index in [1.165, 1.54) is 4.57 Å². The maximum absolute atomic E-state index is 12.1. The topological polar surface area (TPSA) is 48.3 Å². The molecule has 4 nitrogen and oxygen atoms in total. The predicted molar refractivity (Wildman–Crippen MR) is 66.6 cm³/mol. The van der Waals surface area contributed by atoms with Gasteiger partial charge in [-0.05, 0) is 37.3 Å². The van der Waals surface area contributed by atoms with Gasteiger partial charge in [-0.3, -0.25) is 9.36 Å². The molecule has 0 aliphatic carbocycles. The number of carbonyl (C=O) groups is 2. The molecule has 0 aliphatic heterocycles. The van der Waals surface area contributed by atoms with Crippen molar-refractivity contribution in [3.8, 4) is 0 Å². The molecule has 0 saturated heterocycles. The molecule has 2 aromatic rings. The van der Waals surface area contributed by atoms with Crippen LogP contribution < -0.4 is 0 Å². The quantitative estimate of drug-likeness (QED) is 0.777. The van der Waals surface area contributed by atoms with Crippen molar-refractivity contribution in [3.63, 3.8) is 0 Å². The molecule has 0 aliphatic rings. The van der Waals surface area contributed by atoms with Crippen molar-refractivity contribution < 1.29 is 14.3 Å². The van der Waals surface area contributed by atoms with Gasteiger partial charge < -0.3 is 4.74 Å². The van der Waals surface area contributed by atoms with Gasteiger partial charge in [0.2, 0.25) is 0 Å². The Bertz CT molecular complexity index is 558. The number of carbonyl (C=O) groups excluding carboxylic acids is 2. The first-order chi connectivity index (χ1) is 8.72. The summed E-state index contributed by atoms with van der Waals surface area (Å²) in [5.41, 5.74) is 0.839. The van der Waals surface area contributed by atoms with Crippen LogP contribution in [0.5, 0.6) is 0 Å². The number of hydrogen-bond acceptors (Lipinski definition) is 3. The molecule has 1 aromatic heterocycles. The van der Waals surface area contributed by atoms with Crippen LogP contribution >= 0.6 is 0 Å². The zero-order valence-electron chi connectivity index (χ0n) is 10.00. The lowest BCUT2D eigenvalue weighted by molar-refractivity contribution is 0.0526. The van der Waals surface area contributed by atoms with Gasteiger partial charge in [0.15, 0.2) is 0 Å². The summed E-state index contributed by atoms with van der Waals surface area (Å²) >= 11 is 0. The van der Waals surface area contributed by atoms with Crippen LogP contribution in [-0.2, 0) is 4.74 Å². The summed E-state index contributed by atoms with van der Waals surface area (Å²) in [6, 6.07) is 10.1. The summed E-state index contributed by atoms with van der Waals surface area (Å²) in [6.45, 7) is 2.06. The van der Waals surface area contributed by atoms with E-state index in [2.05, 4.69) is 0 Å². The molecule has 0 bridgehead atoms. The second-order valence-corrected chi connectivity index (χ2v) is 3.70. The molecule has 1 heterocycles. The van der Waals surface area contributed by atoms with E-state index in [0.717, 1.165) is 0 Å². The minimum atomic E-state index is -0.417. The number of ether oxygens (including phenoxy) is 1. The van der Waals surface area contributed by atoms with E-state index in [4.69, 9.17) is 4.74 Å². The number of hydrogen-bond donors (Lipinski definition) is 0. The van der Waals surface area contributed by atoms with E-state index in [0.29, 0.717) is 17.7 Å². The Hall–Kier alpha value is -2.36. The van der Waals surface area contributed by atoms with Gasteiger partial charge in [0, 0.05) is 18.0 Å². The molecular weight excluding hydrogens is 230 g/mol. The summed E-state index contributed by atoms with van der Waals surface area (Å²) in [6.07, 6.45) is 3.33. The summed E-state index contributed by atoms with van der Waals surface area (Å²) in [5.74, 6) is -0.592. The third-order valence-corrected chi connectivity index (χ3v) is 2.46. The highest BCUT2D eigenvalue weighted by Crippen LogP contribution is 2.09. The van der Waals surface area contributed by atoms with E-state index in [1.807, 2.05) is 0 Å². The summed E-state index contributed by atoms with van der Waals surface area (Å²) in [5, 5.41) is 0. The fourth-order valence-electron chi connectivity index (χ4n) is 1.61. The molecule has 0 radical (unpaired) electrons. The lowest BCUT2D eigenvalue weighted by atomic mass is 10.1. The SMILES string of the molecule is CCOC(=O)c1cccc(C(=O)n2cccc2)c1. The number of nitrogens with zero attached hydrogens (tertiary/aromatic N) is 1. The fourth-order valence-corrected chi connectivity index (χ4v) is 1.61. The number of benzene rings is 1. The second-order valence-electron chi connectivity index (χ2n) is 3.70. The van der Waals surface area contributed by atoms with Gasteiger partial charge >= 0.3 is 5.97 Å². The summed E-state index contributed by atoms with van der Waals surface area (Å²) in [4.78, 5) is 23.6. The van der Waals surface area contributed by atoms with Crippen LogP contribution in [0.1, 0.15) is 27.6 Å². The minimum absolute atomic E-state index is 0.175. The molecule has 0 atom stereocenters. The average molecular weight is 243 g/mol. The smallest absolute Gasteiger partial charge is 0.338 e. The third-order valence-electron chi connectivity index (χ3n) is 2.46. The molecule has 0 unspecified atom stereocenters. The van der Waals surface area contributed by atoms with Crippen molar-refractivity contribution in [3.05, 3.63) is 59.9 Å².